The molecule has 0 radical (unpaired) electrons. The number of carbonyl (C=O) groups is 6. The lowest BCUT2D eigenvalue weighted by Gasteiger charge is -2.13. The number of carbonyl (C=O) groups excluding carboxylic acids is 5. The van der Waals surface area contributed by atoms with Gasteiger partial charge in [0.25, 0.3) is 0 Å². The lowest BCUT2D eigenvalue weighted by molar-refractivity contribution is -0.137. The second-order valence-corrected chi connectivity index (χ2v) is 14.6. The van der Waals surface area contributed by atoms with Crippen LogP contribution in [0.5, 0.6) is 0 Å². The van der Waals surface area contributed by atoms with Crippen LogP contribution in [0.2, 0.25) is 0 Å². The van der Waals surface area contributed by atoms with Gasteiger partial charge >= 0.3 is 5.97 Å². The zero-order valence-electron chi connectivity index (χ0n) is 34.4. The van der Waals surface area contributed by atoms with E-state index in [1.165, 1.54) is 78.1 Å². The molecule has 0 aromatic rings. The van der Waals surface area contributed by atoms with Crippen molar-refractivity contribution in [2.45, 2.75) is 162 Å². The third kappa shape index (κ3) is 40.7. The molecule has 1 atom stereocenters. The van der Waals surface area contributed by atoms with Crippen molar-refractivity contribution in [1.82, 2.24) is 10.6 Å². The summed E-state index contributed by atoms with van der Waals surface area (Å²) < 4.78 is 21.4. The van der Waals surface area contributed by atoms with E-state index in [4.69, 9.17) is 24.1 Å². The Morgan fingerprint density at radius 1 is 0.473 bits per heavy atom. The highest BCUT2D eigenvalue weighted by Gasteiger charge is 2.19. The van der Waals surface area contributed by atoms with E-state index < -0.39 is 11.9 Å². The molecular formula is C42H76N2O11. The highest BCUT2D eigenvalue weighted by Crippen LogP contribution is 2.17. The van der Waals surface area contributed by atoms with E-state index in [2.05, 4.69) is 10.6 Å². The van der Waals surface area contributed by atoms with E-state index in [0.717, 1.165) is 38.5 Å². The van der Waals surface area contributed by atoms with Crippen LogP contribution in [0.15, 0.2) is 0 Å². The molecule has 320 valence electrons. The molecule has 0 rings (SSSR count). The van der Waals surface area contributed by atoms with Crippen molar-refractivity contribution in [3.8, 4) is 0 Å². The topological polar surface area (TPSA) is 184 Å². The number of Topliss-reactive ketones (excluding diaryl/α,β-unsaturated/α-hetero) is 3. The maximum absolute atomic E-state index is 12.5. The smallest absolute Gasteiger partial charge is 0.303 e. The second kappa shape index (κ2) is 39.5. The number of amides is 2. The van der Waals surface area contributed by atoms with Crippen LogP contribution < -0.4 is 10.6 Å². The first-order valence-corrected chi connectivity index (χ1v) is 21.2. The fourth-order valence-electron chi connectivity index (χ4n) is 5.98. The Morgan fingerprint density at radius 2 is 0.891 bits per heavy atom. The molecule has 0 saturated carbocycles. The van der Waals surface area contributed by atoms with Crippen molar-refractivity contribution in [3.05, 3.63) is 0 Å². The molecule has 13 nitrogen and oxygen atoms in total. The summed E-state index contributed by atoms with van der Waals surface area (Å²) in [6, 6.07) is 0. The summed E-state index contributed by atoms with van der Waals surface area (Å²) in [4.78, 5) is 69.8. The molecule has 0 aromatic carbocycles. The van der Waals surface area contributed by atoms with Gasteiger partial charge in [-0.2, -0.15) is 0 Å². The lowest BCUT2D eigenvalue weighted by atomic mass is 9.91. The average molecular weight is 785 g/mol. The number of hydrogen-bond acceptors (Lipinski definition) is 10. The summed E-state index contributed by atoms with van der Waals surface area (Å²) in [5.74, 6) is -1.53. The van der Waals surface area contributed by atoms with Crippen LogP contribution in [0.4, 0.5) is 0 Å². The number of ether oxygens (including phenoxy) is 4. The Balaban J connectivity index is 3.58. The molecule has 0 heterocycles. The fourth-order valence-corrected chi connectivity index (χ4v) is 5.98. The average Bonchev–Trinajstić information content (AvgIpc) is 3.13. The number of unbranched alkanes of at least 4 members (excludes halogenated alkanes) is 15. The van der Waals surface area contributed by atoms with Crippen LogP contribution in [0, 0.1) is 5.92 Å². The minimum Gasteiger partial charge on any atom is -0.481 e. The Hall–Kier alpha value is -2.74. The van der Waals surface area contributed by atoms with Crippen LogP contribution in [0.1, 0.15) is 162 Å². The number of nitrogens with one attached hydrogen (secondary N) is 2. The van der Waals surface area contributed by atoms with E-state index in [-0.39, 0.29) is 55.2 Å². The number of hydrogen-bond donors (Lipinski definition) is 3. The highest BCUT2D eigenvalue weighted by molar-refractivity contribution is 5.87. The van der Waals surface area contributed by atoms with Crippen LogP contribution in [-0.2, 0) is 47.7 Å². The van der Waals surface area contributed by atoms with Crippen molar-refractivity contribution in [3.63, 3.8) is 0 Å². The molecule has 55 heavy (non-hydrogen) atoms. The van der Waals surface area contributed by atoms with Gasteiger partial charge in [0.1, 0.15) is 24.8 Å². The molecule has 0 aliphatic rings. The van der Waals surface area contributed by atoms with Gasteiger partial charge in [-0.3, -0.25) is 28.8 Å². The van der Waals surface area contributed by atoms with E-state index in [0.29, 0.717) is 84.8 Å². The molecular weight excluding hydrogens is 708 g/mol. The summed E-state index contributed by atoms with van der Waals surface area (Å²) in [5, 5.41) is 14.2. The van der Waals surface area contributed by atoms with Crippen LogP contribution in [0.3, 0.4) is 0 Å². The maximum Gasteiger partial charge on any atom is 0.303 e. The first-order valence-electron chi connectivity index (χ1n) is 21.2. The predicted octanol–water partition coefficient (Wildman–Crippen LogP) is 6.71. The third-order valence-electron chi connectivity index (χ3n) is 9.22. The first kappa shape index (κ1) is 52.3. The molecule has 0 aromatic heterocycles. The summed E-state index contributed by atoms with van der Waals surface area (Å²) >= 11 is 0. The summed E-state index contributed by atoms with van der Waals surface area (Å²) in [6.07, 6.45) is 21.6. The van der Waals surface area contributed by atoms with E-state index in [9.17, 15) is 28.8 Å². The standard InChI is InChI=1S/C42H76N2O11/c1-36(45)34-55-35-41(49)44-26-20-28-53-30-32-54-31-29-52-27-19-25-43-40(48)24-23-38(37(2)46)33-39(47)21-17-15-13-11-9-7-5-3-4-6-8-10-12-14-16-18-22-42(50)51/h38H,3-35H2,1-2H3,(H,43,48)(H,44,49)(H,50,51)/t38-/m0/s1. The van der Waals surface area contributed by atoms with Crippen molar-refractivity contribution in [2.75, 3.05) is 65.9 Å². The van der Waals surface area contributed by atoms with Gasteiger partial charge in [-0.15, -0.1) is 0 Å². The number of rotatable bonds is 43. The molecule has 0 unspecified atom stereocenters. The van der Waals surface area contributed by atoms with Gasteiger partial charge in [0.15, 0.2) is 5.78 Å². The van der Waals surface area contributed by atoms with Crippen molar-refractivity contribution in [2.24, 2.45) is 5.92 Å². The van der Waals surface area contributed by atoms with Crippen molar-refractivity contribution in [1.29, 1.82) is 0 Å². The van der Waals surface area contributed by atoms with Gasteiger partial charge in [0.05, 0.1) is 26.4 Å². The molecule has 0 saturated heterocycles. The van der Waals surface area contributed by atoms with Crippen LogP contribution in [0.25, 0.3) is 0 Å². The van der Waals surface area contributed by atoms with E-state index >= 15 is 0 Å². The van der Waals surface area contributed by atoms with E-state index in [1.807, 2.05) is 0 Å². The van der Waals surface area contributed by atoms with Gasteiger partial charge in [0, 0.05) is 57.9 Å². The molecule has 13 heteroatoms. The summed E-state index contributed by atoms with van der Waals surface area (Å²) in [7, 11) is 0. The zero-order valence-corrected chi connectivity index (χ0v) is 34.4. The summed E-state index contributed by atoms with van der Waals surface area (Å²) in [6.45, 7) is 6.35. The monoisotopic (exact) mass is 785 g/mol. The molecule has 0 aliphatic carbocycles. The molecule has 0 fully saturated rings. The highest BCUT2D eigenvalue weighted by atomic mass is 16.5. The molecule has 2 amide bonds. The molecule has 3 N–H and O–H groups in total. The van der Waals surface area contributed by atoms with E-state index in [1.54, 1.807) is 0 Å². The van der Waals surface area contributed by atoms with Crippen LogP contribution >= 0.6 is 0 Å². The number of aliphatic carboxylic acids is 1. The largest absolute Gasteiger partial charge is 0.481 e. The predicted molar refractivity (Wildman–Crippen MR) is 213 cm³/mol. The van der Waals surface area contributed by atoms with Gasteiger partial charge in [-0.25, -0.2) is 0 Å². The quantitative estimate of drug-likeness (QED) is 0.0559. The third-order valence-corrected chi connectivity index (χ3v) is 9.22. The SMILES string of the molecule is CC(=O)COCC(=O)NCCCOCCOCCOCCCNC(=O)CC[C@@H](CC(=O)CCCCCCCCCCCCCCCCCCC(=O)O)C(C)=O. The number of carboxylic acids is 1. The zero-order chi connectivity index (χ0) is 40.6. The summed E-state index contributed by atoms with van der Waals surface area (Å²) in [5.41, 5.74) is 0. The van der Waals surface area contributed by atoms with Crippen molar-refractivity contribution < 1.29 is 52.8 Å². The van der Waals surface area contributed by atoms with Crippen molar-refractivity contribution >= 4 is 35.1 Å². The van der Waals surface area contributed by atoms with Gasteiger partial charge < -0.3 is 34.7 Å². The second-order valence-electron chi connectivity index (χ2n) is 14.6. The van der Waals surface area contributed by atoms with Gasteiger partial charge in [-0.1, -0.05) is 89.9 Å². The lowest BCUT2D eigenvalue weighted by Crippen LogP contribution is -2.29. The van der Waals surface area contributed by atoms with Gasteiger partial charge in [0.2, 0.25) is 11.8 Å². The first-order chi connectivity index (χ1) is 26.6. The minimum atomic E-state index is -0.691. The Kier molecular flexibility index (Phi) is 37.5. The fraction of sp³-hybridized carbons (Fsp3) is 0.857. The molecule has 0 aliphatic heterocycles. The molecule has 0 spiro atoms. The maximum atomic E-state index is 12.5. The van der Waals surface area contributed by atoms with Crippen LogP contribution in [-0.4, -0.2) is 106 Å². The Labute approximate surface area is 331 Å². The molecule has 0 bridgehead atoms. The Bertz CT molecular complexity index is 1010. The minimum absolute atomic E-state index is 0.0381. The van der Waals surface area contributed by atoms with Gasteiger partial charge in [-0.05, 0) is 46.0 Å². The normalized spacial score (nSPS) is 11.7. The number of ketones is 3. The number of carboxylic acid groups (broad SMARTS) is 1. The Morgan fingerprint density at radius 3 is 1.33 bits per heavy atom.